The molecule has 3 aromatic carbocycles. The summed E-state index contributed by atoms with van der Waals surface area (Å²) in [5.74, 6) is -0.516. The van der Waals surface area contributed by atoms with Crippen LogP contribution in [0, 0.1) is 0 Å². The Hall–Kier alpha value is -3.14. The number of benzene rings is 3. The van der Waals surface area contributed by atoms with Crippen molar-refractivity contribution in [2.75, 3.05) is 75.8 Å². The molecule has 216 valence electrons. The standard InChI is InChI=1S/C31H35Cl2N5O3/c32-25-18-24(19-26(33)20-25)30(39)35-27-6-7-29(28(21-27)31(40)34-8-9-36-14-16-41-17-15-36)38-12-10-37(11-13-38)22-23-4-2-1-3-5-23/h1-7,18-21H,8-17,22H2,(H,34,40)(H,35,39). The third-order valence-corrected chi connectivity index (χ3v) is 7.84. The molecule has 0 spiro atoms. The second kappa shape index (κ2) is 14.2. The third-order valence-electron chi connectivity index (χ3n) is 7.40. The maximum absolute atomic E-state index is 13.5. The Morgan fingerprint density at radius 1 is 0.780 bits per heavy atom. The van der Waals surface area contributed by atoms with E-state index in [1.54, 1.807) is 24.3 Å². The van der Waals surface area contributed by atoms with E-state index in [1.807, 2.05) is 18.2 Å². The molecule has 2 heterocycles. The smallest absolute Gasteiger partial charge is 0.255 e. The summed E-state index contributed by atoms with van der Waals surface area (Å²) < 4.78 is 5.42. The molecule has 0 atom stereocenters. The summed E-state index contributed by atoms with van der Waals surface area (Å²) in [6.07, 6.45) is 0. The molecule has 2 amide bonds. The average molecular weight is 597 g/mol. The molecule has 2 aliphatic rings. The molecule has 0 aromatic heterocycles. The maximum Gasteiger partial charge on any atom is 0.255 e. The quantitative estimate of drug-likeness (QED) is 0.375. The van der Waals surface area contributed by atoms with Gasteiger partial charge in [-0.25, -0.2) is 0 Å². The molecule has 2 fully saturated rings. The van der Waals surface area contributed by atoms with Crippen molar-refractivity contribution >= 4 is 46.4 Å². The number of carbonyl (C=O) groups is 2. The van der Waals surface area contributed by atoms with Gasteiger partial charge in [-0.15, -0.1) is 0 Å². The first kappa shape index (κ1) is 29.4. The molecule has 0 radical (unpaired) electrons. The predicted octanol–water partition coefficient (Wildman–Crippen LogP) is 4.63. The first-order valence-electron chi connectivity index (χ1n) is 14.0. The Morgan fingerprint density at radius 2 is 1.49 bits per heavy atom. The second-order valence-electron chi connectivity index (χ2n) is 10.3. The zero-order valence-corrected chi connectivity index (χ0v) is 24.5. The zero-order chi connectivity index (χ0) is 28.6. The number of ether oxygens (including phenoxy) is 1. The van der Waals surface area contributed by atoms with E-state index in [0.717, 1.165) is 58.0 Å². The van der Waals surface area contributed by atoms with Crippen LogP contribution >= 0.6 is 23.2 Å². The molecule has 0 bridgehead atoms. The van der Waals surface area contributed by atoms with Gasteiger partial charge < -0.3 is 20.3 Å². The van der Waals surface area contributed by atoms with Crippen LogP contribution in [0.4, 0.5) is 11.4 Å². The lowest BCUT2D eigenvalue weighted by Crippen LogP contribution is -2.46. The van der Waals surface area contributed by atoms with Crippen molar-refractivity contribution in [2.24, 2.45) is 0 Å². The van der Waals surface area contributed by atoms with E-state index < -0.39 is 0 Å². The largest absolute Gasteiger partial charge is 0.379 e. The fourth-order valence-corrected chi connectivity index (χ4v) is 5.72. The van der Waals surface area contributed by atoms with E-state index >= 15 is 0 Å². The molecule has 8 nitrogen and oxygen atoms in total. The SMILES string of the molecule is O=C(Nc1ccc(N2CCN(Cc3ccccc3)CC2)c(C(=O)NCCN2CCOCC2)c1)c1cc(Cl)cc(Cl)c1. The second-order valence-corrected chi connectivity index (χ2v) is 11.2. The number of nitrogens with one attached hydrogen (secondary N) is 2. The Labute approximate surface area is 251 Å². The molecule has 0 aliphatic carbocycles. The molecule has 3 aromatic rings. The summed E-state index contributed by atoms with van der Waals surface area (Å²) in [7, 11) is 0. The number of rotatable bonds is 9. The van der Waals surface area contributed by atoms with E-state index in [1.165, 1.54) is 5.56 Å². The number of nitrogens with zero attached hydrogens (tertiary/aromatic N) is 3. The van der Waals surface area contributed by atoms with Crippen LogP contribution in [-0.2, 0) is 11.3 Å². The van der Waals surface area contributed by atoms with Crippen molar-refractivity contribution in [1.82, 2.24) is 15.1 Å². The summed E-state index contributed by atoms with van der Waals surface area (Å²) in [6, 6.07) is 20.7. The van der Waals surface area contributed by atoms with E-state index in [9.17, 15) is 9.59 Å². The van der Waals surface area contributed by atoms with Gasteiger partial charge in [-0.3, -0.25) is 19.4 Å². The topological polar surface area (TPSA) is 77.2 Å². The van der Waals surface area contributed by atoms with Crippen molar-refractivity contribution < 1.29 is 14.3 Å². The number of hydrogen-bond donors (Lipinski definition) is 2. The first-order valence-corrected chi connectivity index (χ1v) is 14.7. The van der Waals surface area contributed by atoms with Gasteiger partial charge in [-0.1, -0.05) is 53.5 Å². The van der Waals surface area contributed by atoms with Gasteiger partial charge in [0, 0.05) is 85.9 Å². The summed E-state index contributed by atoms with van der Waals surface area (Å²) in [4.78, 5) is 33.4. The van der Waals surface area contributed by atoms with Gasteiger partial charge in [0.15, 0.2) is 0 Å². The zero-order valence-electron chi connectivity index (χ0n) is 23.0. The van der Waals surface area contributed by atoms with Gasteiger partial charge in [0.25, 0.3) is 11.8 Å². The number of hydrogen-bond acceptors (Lipinski definition) is 6. The molecule has 2 N–H and O–H groups in total. The minimum absolute atomic E-state index is 0.165. The summed E-state index contributed by atoms with van der Waals surface area (Å²) >= 11 is 12.2. The molecular formula is C31H35Cl2N5O3. The summed E-state index contributed by atoms with van der Waals surface area (Å²) in [6.45, 7) is 8.73. The molecule has 0 unspecified atom stereocenters. The number of piperazine rings is 1. The van der Waals surface area contributed by atoms with Crippen LogP contribution in [-0.4, -0.2) is 87.2 Å². The van der Waals surface area contributed by atoms with Gasteiger partial charge in [0.2, 0.25) is 0 Å². The van der Waals surface area contributed by atoms with Crippen LogP contribution in [0.3, 0.4) is 0 Å². The monoisotopic (exact) mass is 595 g/mol. The lowest BCUT2D eigenvalue weighted by Gasteiger charge is -2.37. The summed E-state index contributed by atoms with van der Waals surface area (Å²) in [5, 5.41) is 6.74. The Balaban J connectivity index is 1.29. The molecule has 41 heavy (non-hydrogen) atoms. The van der Waals surface area contributed by atoms with Crippen LogP contribution in [0.15, 0.2) is 66.7 Å². The minimum atomic E-state index is -0.352. The van der Waals surface area contributed by atoms with Crippen LogP contribution in [0.1, 0.15) is 26.3 Å². The first-order chi connectivity index (χ1) is 19.9. The van der Waals surface area contributed by atoms with Crippen LogP contribution < -0.4 is 15.5 Å². The lowest BCUT2D eigenvalue weighted by atomic mass is 10.1. The Kier molecular flexibility index (Phi) is 10.1. The predicted molar refractivity (Wildman–Crippen MR) is 164 cm³/mol. The molecule has 2 saturated heterocycles. The van der Waals surface area contributed by atoms with E-state index in [2.05, 4.69) is 49.6 Å². The molecular weight excluding hydrogens is 561 g/mol. The Morgan fingerprint density at radius 3 is 2.20 bits per heavy atom. The highest BCUT2D eigenvalue weighted by molar-refractivity contribution is 6.35. The van der Waals surface area contributed by atoms with Crippen LogP contribution in [0.2, 0.25) is 10.0 Å². The summed E-state index contributed by atoms with van der Waals surface area (Å²) in [5.41, 5.74) is 3.55. The average Bonchev–Trinajstić information content (AvgIpc) is 2.98. The highest BCUT2D eigenvalue weighted by Crippen LogP contribution is 2.27. The van der Waals surface area contributed by atoms with Crippen molar-refractivity contribution in [2.45, 2.75) is 6.54 Å². The van der Waals surface area contributed by atoms with Crippen molar-refractivity contribution in [3.8, 4) is 0 Å². The van der Waals surface area contributed by atoms with Crippen molar-refractivity contribution in [3.05, 3.63) is 93.5 Å². The fourth-order valence-electron chi connectivity index (χ4n) is 5.20. The number of morpholine rings is 1. The number of halogens is 2. The Bertz CT molecular complexity index is 1320. The van der Waals surface area contributed by atoms with Crippen LogP contribution in [0.25, 0.3) is 0 Å². The lowest BCUT2D eigenvalue weighted by molar-refractivity contribution is 0.0383. The fraction of sp³-hybridized carbons (Fsp3) is 0.355. The van der Waals surface area contributed by atoms with Crippen LogP contribution in [0.5, 0.6) is 0 Å². The van der Waals surface area contributed by atoms with Gasteiger partial charge in [0.05, 0.1) is 18.8 Å². The normalized spacial score (nSPS) is 16.4. The van der Waals surface area contributed by atoms with E-state index in [-0.39, 0.29) is 11.8 Å². The van der Waals surface area contributed by atoms with E-state index in [0.29, 0.717) is 46.6 Å². The number of anilines is 2. The molecule has 5 rings (SSSR count). The highest BCUT2D eigenvalue weighted by Gasteiger charge is 2.23. The van der Waals surface area contributed by atoms with Gasteiger partial charge in [0.1, 0.15) is 0 Å². The third kappa shape index (κ3) is 8.21. The number of carbonyl (C=O) groups excluding carboxylic acids is 2. The molecule has 0 saturated carbocycles. The number of amides is 2. The van der Waals surface area contributed by atoms with Gasteiger partial charge in [-0.05, 0) is 42.0 Å². The highest BCUT2D eigenvalue weighted by atomic mass is 35.5. The maximum atomic E-state index is 13.5. The molecule has 10 heteroatoms. The minimum Gasteiger partial charge on any atom is -0.379 e. The molecule has 2 aliphatic heterocycles. The van der Waals surface area contributed by atoms with Gasteiger partial charge >= 0.3 is 0 Å². The van der Waals surface area contributed by atoms with E-state index in [4.69, 9.17) is 27.9 Å². The van der Waals surface area contributed by atoms with Crippen molar-refractivity contribution in [1.29, 1.82) is 0 Å². The van der Waals surface area contributed by atoms with Gasteiger partial charge in [-0.2, -0.15) is 0 Å². The van der Waals surface area contributed by atoms with Crippen molar-refractivity contribution in [3.63, 3.8) is 0 Å².